The van der Waals surface area contributed by atoms with E-state index in [2.05, 4.69) is 18.8 Å². The number of amides is 1. The van der Waals surface area contributed by atoms with Crippen molar-refractivity contribution in [3.05, 3.63) is 23.0 Å². The number of fused-ring (bicyclic) bond motifs is 1. The first kappa shape index (κ1) is 15.3. The Morgan fingerprint density at radius 2 is 2.05 bits per heavy atom. The van der Waals surface area contributed by atoms with Crippen LogP contribution in [0.2, 0.25) is 0 Å². The summed E-state index contributed by atoms with van der Waals surface area (Å²) >= 11 is 0. The Morgan fingerprint density at radius 3 is 2.77 bits per heavy atom. The maximum atomic E-state index is 12.4. The van der Waals surface area contributed by atoms with E-state index in [1.807, 2.05) is 11.1 Å². The number of aromatic nitrogens is 1. The topological polar surface area (TPSA) is 62.4 Å². The normalized spacial score (nSPS) is 20.8. The molecule has 0 unspecified atom stereocenters. The minimum Gasteiger partial charge on any atom is -0.378 e. The van der Waals surface area contributed by atoms with E-state index < -0.39 is 0 Å². The third-order valence-corrected chi connectivity index (χ3v) is 4.59. The van der Waals surface area contributed by atoms with Gasteiger partial charge in [0.1, 0.15) is 0 Å². The molecule has 1 aliphatic heterocycles. The van der Waals surface area contributed by atoms with Gasteiger partial charge in [-0.2, -0.15) is 0 Å². The van der Waals surface area contributed by atoms with Crippen LogP contribution in [0.3, 0.4) is 0 Å². The zero-order chi connectivity index (χ0) is 15.7. The van der Waals surface area contributed by atoms with Crippen molar-refractivity contribution >= 4 is 11.7 Å². The van der Waals surface area contributed by atoms with Crippen LogP contribution in [-0.4, -0.2) is 47.9 Å². The van der Waals surface area contributed by atoms with Crippen LogP contribution in [0.5, 0.6) is 0 Å². The number of aromatic amines is 1. The average molecular weight is 304 g/mol. The number of hydrogen-bond donors (Lipinski definition) is 1. The van der Waals surface area contributed by atoms with Gasteiger partial charge in [-0.15, -0.1) is 0 Å². The van der Waals surface area contributed by atoms with Crippen LogP contribution in [0, 0.1) is 5.41 Å². The quantitative estimate of drug-likeness (QED) is 0.928. The van der Waals surface area contributed by atoms with Crippen molar-refractivity contribution < 1.29 is 14.3 Å². The second kappa shape index (κ2) is 5.88. The Morgan fingerprint density at radius 1 is 1.32 bits per heavy atom. The highest BCUT2D eigenvalue weighted by Crippen LogP contribution is 2.35. The second-order valence-electron chi connectivity index (χ2n) is 7.10. The van der Waals surface area contributed by atoms with E-state index in [9.17, 15) is 9.59 Å². The Bertz CT molecular complexity index is 583. The largest absolute Gasteiger partial charge is 0.378 e. The van der Waals surface area contributed by atoms with Crippen molar-refractivity contribution in [1.29, 1.82) is 0 Å². The maximum absolute atomic E-state index is 12.4. The fraction of sp³-hybridized carbons (Fsp3) is 0.647. The first-order chi connectivity index (χ1) is 10.5. The molecule has 3 rings (SSSR count). The number of ketones is 1. The molecule has 1 fully saturated rings. The van der Waals surface area contributed by atoms with Crippen LogP contribution in [0.1, 0.15) is 48.3 Å². The summed E-state index contributed by atoms with van der Waals surface area (Å²) in [7, 11) is 0. The molecular weight excluding hydrogens is 280 g/mol. The van der Waals surface area contributed by atoms with E-state index in [4.69, 9.17) is 4.74 Å². The van der Waals surface area contributed by atoms with Crippen LogP contribution < -0.4 is 0 Å². The molecule has 1 aromatic rings. The number of carbonyl (C=O) groups excluding carboxylic acids is 2. The Balaban J connectivity index is 1.66. The molecule has 2 aliphatic rings. The third kappa shape index (κ3) is 3.09. The number of aryl methyl sites for hydroxylation is 1. The molecule has 0 atom stereocenters. The monoisotopic (exact) mass is 304 g/mol. The number of hydrogen-bond acceptors (Lipinski definition) is 3. The molecule has 1 aromatic heterocycles. The summed E-state index contributed by atoms with van der Waals surface area (Å²) in [5, 5.41) is 0. The highest BCUT2D eigenvalue weighted by atomic mass is 16.5. The number of H-pyrrole nitrogens is 1. The van der Waals surface area contributed by atoms with E-state index in [0.29, 0.717) is 45.6 Å². The molecule has 1 aliphatic carbocycles. The summed E-state index contributed by atoms with van der Waals surface area (Å²) in [5.74, 6) is 0.364. The molecule has 2 heterocycles. The predicted octanol–water partition coefficient (Wildman–Crippen LogP) is 1.96. The first-order valence-electron chi connectivity index (χ1n) is 8.04. The molecule has 1 saturated heterocycles. The van der Waals surface area contributed by atoms with Gasteiger partial charge < -0.3 is 14.6 Å². The second-order valence-corrected chi connectivity index (χ2v) is 7.10. The van der Waals surface area contributed by atoms with Crippen LogP contribution in [-0.2, 0) is 22.4 Å². The minimum absolute atomic E-state index is 0.0236. The molecule has 0 bridgehead atoms. The van der Waals surface area contributed by atoms with Crippen molar-refractivity contribution in [2.45, 2.75) is 39.5 Å². The van der Waals surface area contributed by atoms with Gasteiger partial charge in [-0.3, -0.25) is 9.59 Å². The lowest BCUT2D eigenvalue weighted by atomic mass is 9.75. The fourth-order valence-electron chi connectivity index (χ4n) is 3.47. The summed E-state index contributed by atoms with van der Waals surface area (Å²) < 4.78 is 5.26. The molecule has 5 heteroatoms. The van der Waals surface area contributed by atoms with Crippen LogP contribution in [0.25, 0.3) is 0 Å². The van der Waals surface area contributed by atoms with Crippen molar-refractivity contribution in [2.24, 2.45) is 5.41 Å². The van der Waals surface area contributed by atoms with Crippen LogP contribution >= 0.6 is 0 Å². The maximum Gasteiger partial charge on any atom is 0.223 e. The number of rotatable bonds is 3. The Kier molecular flexibility index (Phi) is 4.08. The lowest BCUT2D eigenvalue weighted by molar-refractivity contribution is -0.135. The number of nitrogens with zero attached hydrogens (tertiary/aromatic N) is 1. The molecule has 120 valence electrons. The molecule has 5 nitrogen and oxygen atoms in total. The molecule has 0 spiro atoms. The van der Waals surface area contributed by atoms with Gasteiger partial charge in [0.25, 0.3) is 0 Å². The van der Waals surface area contributed by atoms with Gasteiger partial charge in [-0.1, -0.05) is 13.8 Å². The number of ether oxygens (including phenoxy) is 1. The molecular formula is C17H24N2O3. The Hall–Kier alpha value is -1.62. The fourth-order valence-corrected chi connectivity index (χ4v) is 3.47. The highest BCUT2D eigenvalue weighted by molar-refractivity contribution is 6.00. The van der Waals surface area contributed by atoms with Gasteiger partial charge in [0, 0.05) is 43.4 Å². The number of carbonyl (C=O) groups is 2. The molecule has 1 amide bonds. The van der Waals surface area contributed by atoms with Gasteiger partial charge in [0.05, 0.1) is 13.2 Å². The van der Waals surface area contributed by atoms with Gasteiger partial charge in [0.15, 0.2) is 5.78 Å². The smallest absolute Gasteiger partial charge is 0.223 e. The highest BCUT2D eigenvalue weighted by Gasteiger charge is 2.33. The summed E-state index contributed by atoms with van der Waals surface area (Å²) in [4.78, 5) is 29.7. The zero-order valence-electron chi connectivity index (χ0n) is 13.4. The van der Waals surface area contributed by atoms with E-state index >= 15 is 0 Å². The predicted molar refractivity (Wildman–Crippen MR) is 82.9 cm³/mol. The summed E-state index contributed by atoms with van der Waals surface area (Å²) in [5.41, 5.74) is 2.90. The van der Waals surface area contributed by atoms with Crippen molar-refractivity contribution in [3.8, 4) is 0 Å². The van der Waals surface area contributed by atoms with Gasteiger partial charge in [-0.25, -0.2) is 0 Å². The molecule has 22 heavy (non-hydrogen) atoms. The van der Waals surface area contributed by atoms with Crippen molar-refractivity contribution in [1.82, 2.24) is 9.88 Å². The summed E-state index contributed by atoms with van der Waals surface area (Å²) in [6, 6.07) is 0. The summed E-state index contributed by atoms with van der Waals surface area (Å²) in [6.07, 6.45) is 4.49. The third-order valence-electron chi connectivity index (χ3n) is 4.59. The summed E-state index contributed by atoms with van der Waals surface area (Å²) in [6.45, 7) is 6.85. The zero-order valence-corrected chi connectivity index (χ0v) is 13.4. The average Bonchev–Trinajstić information content (AvgIpc) is 2.87. The number of morpholine rings is 1. The molecule has 0 radical (unpaired) electrons. The molecule has 1 N–H and O–H groups in total. The van der Waals surface area contributed by atoms with Crippen molar-refractivity contribution in [3.63, 3.8) is 0 Å². The molecule has 0 aromatic carbocycles. The molecule has 0 saturated carbocycles. The van der Waals surface area contributed by atoms with Gasteiger partial charge >= 0.3 is 0 Å². The number of nitrogens with one attached hydrogen (secondary N) is 1. The number of Topliss-reactive ketones (excluding diaryl/α,β-unsaturated/α-hetero) is 1. The van der Waals surface area contributed by atoms with E-state index in [1.165, 1.54) is 0 Å². The van der Waals surface area contributed by atoms with E-state index in [0.717, 1.165) is 23.2 Å². The van der Waals surface area contributed by atoms with E-state index in [-0.39, 0.29) is 17.1 Å². The standard InChI is InChI=1S/C17H24N2O3/c1-17(2)9-13-16(14(20)10-17)12(11-18-13)3-4-15(21)19-5-7-22-8-6-19/h11,18H,3-10H2,1-2H3. The van der Waals surface area contributed by atoms with Crippen LogP contribution in [0.4, 0.5) is 0 Å². The van der Waals surface area contributed by atoms with Crippen molar-refractivity contribution in [2.75, 3.05) is 26.3 Å². The van der Waals surface area contributed by atoms with Gasteiger partial charge in [-0.05, 0) is 23.8 Å². The SMILES string of the molecule is CC1(C)CC(=O)c2c(CCC(=O)N3CCOCC3)c[nH]c2C1. The lowest BCUT2D eigenvalue weighted by Crippen LogP contribution is -2.40. The van der Waals surface area contributed by atoms with E-state index in [1.54, 1.807) is 0 Å². The first-order valence-corrected chi connectivity index (χ1v) is 8.04. The van der Waals surface area contributed by atoms with Gasteiger partial charge in [0.2, 0.25) is 5.91 Å². The Labute approximate surface area is 131 Å². The lowest BCUT2D eigenvalue weighted by Gasteiger charge is -2.29. The van der Waals surface area contributed by atoms with Crippen LogP contribution in [0.15, 0.2) is 6.20 Å². The minimum atomic E-state index is 0.0236.